The SMILES string of the molecule is COC1(C)CC(O[C@H]2[C@H](C)[C@@H](OC3OC(C)CC(N(C)C)C3O)[C@](C)(O)C[C@@H](C)C(=O)[C@H](C)[C@@H](O)[C@](C)(O)[C@@H](CCNC(=O)CCc3ccc(-c4ccccn4)s3)OC(=O)[C@@H]2C)OC(C)C1O. The van der Waals surface area contributed by atoms with Gasteiger partial charge in [0.2, 0.25) is 5.91 Å². The van der Waals surface area contributed by atoms with E-state index in [0.717, 1.165) is 15.4 Å². The Morgan fingerprint density at radius 1 is 0.940 bits per heavy atom. The van der Waals surface area contributed by atoms with Gasteiger partial charge in [-0.15, -0.1) is 11.3 Å². The number of pyridine rings is 1. The van der Waals surface area contributed by atoms with E-state index in [9.17, 15) is 39.9 Å². The average molecular weight is 964 g/mol. The highest BCUT2D eigenvalue weighted by Gasteiger charge is 2.53. The molecule has 2 aromatic heterocycles. The van der Waals surface area contributed by atoms with E-state index >= 15 is 0 Å². The summed E-state index contributed by atoms with van der Waals surface area (Å²) in [6.07, 6.45) is -8.69. The van der Waals surface area contributed by atoms with Crippen LogP contribution in [0.4, 0.5) is 0 Å². The van der Waals surface area contributed by atoms with Crippen molar-refractivity contribution in [3.63, 3.8) is 0 Å². The number of hydrogen-bond donors (Lipinski definition) is 6. The number of hydrogen-bond acceptors (Lipinski definition) is 17. The first-order chi connectivity index (χ1) is 31.3. The average Bonchev–Trinajstić information content (AvgIpc) is 3.76. The van der Waals surface area contributed by atoms with Crippen molar-refractivity contribution in [1.29, 1.82) is 0 Å². The van der Waals surface area contributed by atoms with Crippen molar-refractivity contribution in [2.24, 2.45) is 23.7 Å². The smallest absolute Gasteiger partial charge is 0.311 e. The number of esters is 1. The highest BCUT2D eigenvalue weighted by Crippen LogP contribution is 2.41. The Morgan fingerprint density at radius 3 is 2.28 bits per heavy atom. The summed E-state index contributed by atoms with van der Waals surface area (Å²) in [6.45, 7) is 14.4. The first-order valence-electron chi connectivity index (χ1n) is 23.6. The molecule has 5 rings (SSSR count). The molecule has 2 aromatic rings. The Bertz CT molecular complexity index is 1930. The number of methoxy groups -OCH3 is 1. The standard InChI is InChI=1S/C49H77N3O14S/c1-26-24-47(7,59)44(66-46-40(55)34(52(10)11)23-27(2)62-46)29(4)41(65-38-25-48(8,61-12)43(57)31(6)63-38)30(5)45(58)64-36(49(9,60)42(56)28(3)39(26)54)20-22-51-37(53)19-17-32-16-18-35(67-32)33-15-13-14-21-50-33/h13-16,18,21,26-31,34,36,38,40-44,46,55-57,59-60H,17,19-20,22-25H2,1-12H3,(H,51,53)/t26-,27?,28+,29+,30-,31?,34?,36-,38?,40?,41+,42-,43?,44-,46?,47-,48?,49-/m1/s1. The lowest BCUT2D eigenvalue weighted by atomic mass is 9.74. The van der Waals surface area contributed by atoms with E-state index in [1.54, 1.807) is 52.2 Å². The summed E-state index contributed by atoms with van der Waals surface area (Å²) in [5.74, 6) is -5.85. The fourth-order valence-corrected chi connectivity index (χ4v) is 11.1. The van der Waals surface area contributed by atoms with Crippen molar-refractivity contribution in [2.45, 2.75) is 185 Å². The summed E-state index contributed by atoms with van der Waals surface area (Å²) in [6, 6.07) is 9.24. The lowest BCUT2D eigenvalue weighted by Crippen LogP contribution is -2.61. The van der Waals surface area contributed by atoms with Gasteiger partial charge in [0.05, 0.1) is 58.2 Å². The second-order valence-corrected chi connectivity index (χ2v) is 21.4. The van der Waals surface area contributed by atoms with Crippen LogP contribution in [-0.4, -0.2) is 165 Å². The van der Waals surface area contributed by atoms with Gasteiger partial charge in [-0.05, 0) is 99.2 Å². The second kappa shape index (κ2) is 22.8. The van der Waals surface area contributed by atoms with Crippen molar-refractivity contribution >= 4 is 29.0 Å². The van der Waals surface area contributed by atoms with Crippen LogP contribution >= 0.6 is 11.3 Å². The predicted octanol–water partition coefficient (Wildman–Crippen LogP) is 3.64. The molecular weight excluding hydrogens is 887 g/mol. The number of likely N-dealkylation sites (N-methyl/N-ethyl adjacent to an activating group) is 1. The number of thiophene rings is 1. The predicted molar refractivity (Wildman–Crippen MR) is 249 cm³/mol. The summed E-state index contributed by atoms with van der Waals surface area (Å²) in [5, 5.41) is 62.1. The van der Waals surface area contributed by atoms with Crippen molar-refractivity contribution in [3.05, 3.63) is 41.4 Å². The van der Waals surface area contributed by atoms with Gasteiger partial charge in [0.25, 0.3) is 0 Å². The molecule has 0 spiro atoms. The number of aromatic nitrogens is 1. The van der Waals surface area contributed by atoms with Gasteiger partial charge in [-0.3, -0.25) is 19.4 Å². The molecule has 3 aliphatic rings. The Balaban J connectivity index is 1.46. The number of carbonyl (C=O) groups is 3. The summed E-state index contributed by atoms with van der Waals surface area (Å²) >= 11 is 1.55. The van der Waals surface area contributed by atoms with Crippen LogP contribution in [0, 0.1) is 23.7 Å². The number of cyclic esters (lactones) is 1. The maximum Gasteiger partial charge on any atom is 0.311 e. The summed E-state index contributed by atoms with van der Waals surface area (Å²) in [5.41, 5.74) is -4.34. The second-order valence-electron chi connectivity index (χ2n) is 20.2. The number of aryl methyl sites for hydroxylation is 1. The Morgan fingerprint density at radius 2 is 1.64 bits per heavy atom. The van der Waals surface area contributed by atoms with Crippen molar-refractivity contribution < 1.29 is 68.3 Å². The van der Waals surface area contributed by atoms with Gasteiger partial charge in [-0.25, -0.2) is 0 Å². The topological polar surface area (TPSA) is 236 Å². The van der Waals surface area contributed by atoms with Crippen LogP contribution in [-0.2, 0) is 49.2 Å². The van der Waals surface area contributed by atoms with Gasteiger partial charge in [-0.1, -0.05) is 26.8 Å². The van der Waals surface area contributed by atoms with Crippen molar-refractivity contribution in [2.75, 3.05) is 27.7 Å². The number of ether oxygens (including phenoxy) is 6. The molecule has 0 aromatic carbocycles. The zero-order chi connectivity index (χ0) is 49.8. The zero-order valence-corrected chi connectivity index (χ0v) is 42.1. The number of aliphatic hydroxyl groups excluding tert-OH is 3. The molecule has 18 atom stereocenters. The highest BCUT2D eigenvalue weighted by molar-refractivity contribution is 7.15. The molecule has 0 radical (unpaired) electrons. The fraction of sp³-hybridized carbons (Fsp3) is 0.755. The van der Waals surface area contributed by atoms with Crippen LogP contribution in [0.5, 0.6) is 0 Å². The molecule has 378 valence electrons. The van der Waals surface area contributed by atoms with E-state index in [0.29, 0.717) is 12.8 Å². The maximum atomic E-state index is 14.7. The third-order valence-corrected chi connectivity index (χ3v) is 15.5. The summed E-state index contributed by atoms with van der Waals surface area (Å²) < 4.78 is 37.7. The van der Waals surface area contributed by atoms with Crippen LogP contribution in [0.2, 0.25) is 0 Å². The third kappa shape index (κ3) is 13.1. The number of ketones is 1. The number of amides is 1. The van der Waals surface area contributed by atoms with Gasteiger partial charge in [-0.2, -0.15) is 0 Å². The quantitative estimate of drug-likeness (QED) is 0.157. The molecule has 0 saturated carbocycles. The number of aliphatic hydroxyl groups is 5. The molecule has 1 amide bonds. The van der Waals surface area contributed by atoms with Gasteiger partial charge >= 0.3 is 5.97 Å². The molecule has 17 nitrogen and oxygen atoms in total. The molecule has 8 unspecified atom stereocenters. The molecule has 3 fully saturated rings. The Kier molecular flexibility index (Phi) is 18.7. The Labute approximate surface area is 399 Å². The summed E-state index contributed by atoms with van der Waals surface area (Å²) in [7, 11) is 5.14. The normalized spacial score (nSPS) is 40.5. The van der Waals surface area contributed by atoms with Gasteiger partial charge in [0.1, 0.15) is 29.7 Å². The van der Waals surface area contributed by atoms with E-state index in [2.05, 4.69) is 10.3 Å². The third-order valence-electron chi connectivity index (χ3n) is 14.4. The zero-order valence-electron chi connectivity index (χ0n) is 41.3. The van der Waals surface area contributed by atoms with Gasteiger partial charge in [0, 0.05) is 67.8 Å². The van der Waals surface area contributed by atoms with Crippen LogP contribution in [0.3, 0.4) is 0 Å². The minimum atomic E-state index is -2.21. The number of Topliss-reactive ketones (excluding diaryl/α,β-unsaturated/α-hetero) is 1. The summed E-state index contributed by atoms with van der Waals surface area (Å²) in [4.78, 5) is 50.3. The van der Waals surface area contributed by atoms with Crippen LogP contribution in [0.15, 0.2) is 36.5 Å². The van der Waals surface area contributed by atoms with Crippen molar-refractivity contribution in [1.82, 2.24) is 15.2 Å². The van der Waals surface area contributed by atoms with Crippen LogP contribution < -0.4 is 5.32 Å². The Hall–Kier alpha value is -2.98. The molecule has 3 aliphatic heterocycles. The van der Waals surface area contributed by atoms with Gasteiger partial charge < -0.3 is 64.2 Å². The largest absolute Gasteiger partial charge is 0.459 e. The van der Waals surface area contributed by atoms with E-state index in [4.69, 9.17) is 28.4 Å². The molecule has 18 heteroatoms. The number of nitrogens with one attached hydrogen (secondary N) is 1. The lowest BCUT2D eigenvalue weighted by Gasteiger charge is -2.49. The number of nitrogens with zero attached hydrogens (tertiary/aromatic N) is 2. The molecule has 0 aliphatic carbocycles. The molecule has 3 saturated heterocycles. The van der Waals surface area contributed by atoms with Crippen molar-refractivity contribution in [3.8, 4) is 10.6 Å². The first kappa shape index (κ1) is 55.0. The molecule has 6 N–H and O–H groups in total. The molecular formula is C49H77N3O14S. The first-order valence-corrected chi connectivity index (χ1v) is 24.5. The van der Waals surface area contributed by atoms with E-state index in [1.165, 1.54) is 27.9 Å². The van der Waals surface area contributed by atoms with E-state index < -0.39 is 108 Å². The monoisotopic (exact) mass is 964 g/mol. The van der Waals surface area contributed by atoms with Crippen LogP contribution in [0.25, 0.3) is 10.6 Å². The lowest BCUT2D eigenvalue weighted by molar-refractivity contribution is -0.318. The van der Waals surface area contributed by atoms with Crippen LogP contribution in [0.1, 0.15) is 99.3 Å². The molecule has 0 bridgehead atoms. The molecule has 5 heterocycles. The minimum Gasteiger partial charge on any atom is -0.459 e. The minimum absolute atomic E-state index is 0.0406. The van der Waals surface area contributed by atoms with E-state index in [-0.39, 0.29) is 50.3 Å². The van der Waals surface area contributed by atoms with Gasteiger partial charge in [0.15, 0.2) is 12.6 Å². The number of carbonyl (C=O) groups excluding carboxylic acids is 3. The highest BCUT2D eigenvalue weighted by atomic mass is 32.1. The molecule has 67 heavy (non-hydrogen) atoms. The number of rotatable bonds is 13. The maximum absolute atomic E-state index is 14.7. The van der Waals surface area contributed by atoms with E-state index in [1.807, 2.05) is 56.3 Å². The fourth-order valence-electron chi connectivity index (χ4n) is 10.1.